The molecule has 0 radical (unpaired) electrons. The van der Waals surface area contributed by atoms with Crippen LogP contribution in [0, 0.1) is 0 Å². The van der Waals surface area contributed by atoms with Crippen molar-refractivity contribution in [2.75, 3.05) is 5.32 Å². The minimum atomic E-state index is -0.180. The number of benzene rings is 1. The molecule has 0 spiro atoms. The van der Waals surface area contributed by atoms with Crippen molar-refractivity contribution in [2.24, 2.45) is 0 Å². The Balaban J connectivity index is 1.73. The third-order valence-electron chi connectivity index (χ3n) is 3.20. The van der Waals surface area contributed by atoms with E-state index in [-0.39, 0.29) is 5.91 Å². The first-order chi connectivity index (χ1) is 10.8. The Morgan fingerprint density at radius 1 is 1.09 bits per heavy atom. The fraction of sp³-hybridized carbons (Fsp3) is 0.125. The van der Waals surface area contributed by atoms with Crippen molar-refractivity contribution in [1.82, 2.24) is 15.2 Å². The Labute approximate surface area is 132 Å². The molecule has 0 aliphatic carbocycles. The van der Waals surface area contributed by atoms with E-state index in [4.69, 9.17) is 0 Å². The third kappa shape index (κ3) is 3.17. The van der Waals surface area contributed by atoms with Gasteiger partial charge in [0.15, 0.2) is 0 Å². The van der Waals surface area contributed by atoms with Gasteiger partial charge in [-0.15, -0.1) is 10.2 Å². The van der Waals surface area contributed by atoms with Crippen LogP contribution in [-0.4, -0.2) is 21.1 Å². The summed E-state index contributed by atoms with van der Waals surface area (Å²) in [7, 11) is 0. The van der Waals surface area contributed by atoms with Crippen LogP contribution < -0.4 is 5.32 Å². The molecule has 0 saturated heterocycles. The van der Waals surface area contributed by atoms with E-state index >= 15 is 0 Å². The molecule has 0 bridgehead atoms. The van der Waals surface area contributed by atoms with Gasteiger partial charge in [-0.25, -0.2) is 0 Å². The van der Waals surface area contributed by atoms with E-state index in [1.165, 1.54) is 16.9 Å². The van der Waals surface area contributed by atoms with Gasteiger partial charge in [-0.3, -0.25) is 15.1 Å². The van der Waals surface area contributed by atoms with Crippen molar-refractivity contribution >= 4 is 22.4 Å². The van der Waals surface area contributed by atoms with Gasteiger partial charge in [-0.1, -0.05) is 30.4 Å². The van der Waals surface area contributed by atoms with E-state index in [1.54, 1.807) is 12.4 Å². The molecule has 110 valence electrons. The summed E-state index contributed by atoms with van der Waals surface area (Å²) in [4.78, 5) is 16.1. The number of rotatable bonds is 4. The molecule has 3 rings (SSSR count). The topological polar surface area (TPSA) is 67.8 Å². The van der Waals surface area contributed by atoms with Crippen LogP contribution in [-0.2, 0) is 6.42 Å². The van der Waals surface area contributed by atoms with Crippen LogP contribution >= 0.6 is 11.3 Å². The molecule has 0 aliphatic rings. The minimum absolute atomic E-state index is 0.180. The highest BCUT2D eigenvalue weighted by molar-refractivity contribution is 7.18. The summed E-state index contributed by atoms with van der Waals surface area (Å²) < 4.78 is 0. The van der Waals surface area contributed by atoms with Gasteiger partial charge in [0.1, 0.15) is 5.01 Å². The predicted octanol–water partition coefficient (Wildman–Crippen LogP) is 3.41. The zero-order valence-corrected chi connectivity index (χ0v) is 12.8. The van der Waals surface area contributed by atoms with Gasteiger partial charge in [-0.05, 0) is 36.2 Å². The van der Waals surface area contributed by atoms with Gasteiger partial charge in [-0.2, -0.15) is 0 Å². The van der Waals surface area contributed by atoms with E-state index in [0.717, 1.165) is 17.0 Å². The van der Waals surface area contributed by atoms with Gasteiger partial charge < -0.3 is 0 Å². The second-order valence-electron chi connectivity index (χ2n) is 4.65. The van der Waals surface area contributed by atoms with Crippen LogP contribution in [0.4, 0.5) is 5.13 Å². The highest BCUT2D eigenvalue weighted by Gasteiger charge is 2.11. The standard InChI is InChI=1S/C16H14N4OS/c1-2-11-3-5-12(6-4-11)14(21)18-16-20-19-15(22-16)13-7-9-17-10-8-13/h3-10H,2H2,1H3,(H,18,20,21). The summed E-state index contributed by atoms with van der Waals surface area (Å²) in [6.07, 6.45) is 4.35. The second kappa shape index (κ2) is 6.44. The van der Waals surface area contributed by atoms with Crippen molar-refractivity contribution < 1.29 is 4.79 Å². The number of pyridine rings is 1. The normalized spacial score (nSPS) is 10.4. The van der Waals surface area contributed by atoms with Gasteiger partial charge >= 0.3 is 0 Å². The number of aryl methyl sites for hydroxylation is 1. The number of aromatic nitrogens is 3. The molecule has 0 atom stereocenters. The Morgan fingerprint density at radius 3 is 2.50 bits per heavy atom. The fourth-order valence-corrected chi connectivity index (χ4v) is 2.69. The van der Waals surface area contributed by atoms with E-state index in [1.807, 2.05) is 36.4 Å². The molecular weight excluding hydrogens is 296 g/mol. The molecule has 2 aromatic heterocycles. The summed E-state index contributed by atoms with van der Waals surface area (Å²) >= 11 is 1.33. The van der Waals surface area contributed by atoms with Crippen molar-refractivity contribution in [2.45, 2.75) is 13.3 Å². The molecule has 0 unspecified atom stereocenters. The number of anilines is 1. The SMILES string of the molecule is CCc1ccc(C(=O)Nc2nnc(-c3ccncc3)s2)cc1. The monoisotopic (exact) mass is 310 g/mol. The van der Waals surface area contributed by atoms with Crippen LogP contribution in [0.25, 0.3) is 10.6 Å². The smallest absolute Gasteiger partial charge is 0.257 e. The molecule has 0 aliphatic heterocycles. The van der Waals surface area contributed by atoms with Gasteiger partial charge in [0, 0.05) is 23.5 Å². The number of nitrogens with zero attached hydrogens (tertiary/aromatic N) is 3. The first kappa shape index (κ1) is 14.3. The zero-order chi connectivity index (χ0) is 15.4. The molecule has 1 N–H and O–H groups in total. The Morgan fingerprint density at radius 2 is 1.82 bits per heavy atom. The lowest BCUT2D eigenvalue weighted by atomic mass is 10.1. The first-order valence-corrected chi connectivity index (χ1v) is 7.72. The molecule has 5 nitrogen and oxygen atoms in total. The number of nitrogens with one attached hydrogen (secondary N) is 1. The average Bonchev–Trinajstić information content (AvgIpc) is 3.04. The van der Waals surface area contributed by atoms with Crippen LogP contribution in [0.3, 0.4) is 0 Å². The second-order valence-corrected chi connectivity index (χ2v) is 5.63. The molecule has 0 saturated carbocycles. The van der Waals surface area contributed by atoms with E-state index < -0.39 is 0 Å². The summed E-state index contributed by atoms with van der Waals surface area (Å²) in [5.74, 6) is -0.180. The van der Waals surface area contributed by atoms with Crippen molar-refractivity contribution in [3.05, 3.63) is 59.9 Å². The quantitative estimate of drug-likeness (QED) is 0.802. The number of carbonyl (C=O) groups is 1. The molecule has 1 amide bonds. The molecule has 0 fully saturated rings. The van der Waals surface area contributed by atoms with E-state index in [2.05, 4.69) is 27.4 Å². The van der Waals surface area contributed by atoms with Gasteiger partial charge in [0.2, 0.25) is 5.13 Å². The van der Waals surface area contributed by atoms with Crippen LogP contribution in [0.1, 0.15) is 22.8 Å². The Kier molecular flexibility index (Phi) is 4.20. The van der Waals surface area contributed by atoms with Crippen LogP contribution in [0.2, 0.25) is 0 Å². The van der Waals surface area contributed by atoms with Gasteiger partial charge in [0.25, 0.3) is 5.91 Å². The lowest BCUT2D eigenvalue weighted by Crippen LogP contribution is -2.11. The van der Waals surface area contributed by atoms with E-state index in [0.29, 0.717) is 10.7 Å². The highest BCUT2D eigenvalue weighted by Crippen LogP contribution is 2.25. The maximum atomic E-state index is 12.2. The summed E-state index contributed by atoms with van der Waals surface area (Å²) in [5.41, 5.74) is 2.74. The number of hydrogen-bond donors (Lipinski definition) is 1. The third-order valence-corrected chi connectivity index (χ3v) is 4.08. The molecule has 1 aromatic carbocycles. The molecule has 22 heavy (non-hydrogen) atoms. The fourth-order valence-electron chi connectivity index (χ4n) is 1.95. The minimum Gasteiger partial charge on any atom is -0.296 e. The van der Waals surface area contributed by atoms with Gasteiger partial charge in [0.05, 0.1) is 0 Å². The van der Waals surface area contributed by atoms with Crippen LogP contribution in [0.5, 0.6) is 0 Å². The summed E-state index contributed by atoms with van der Waals surface area (Å²) in [6, 6.07) is 11.3. The van der Waals surface area contributed by atoms with Crippen LogP contribution in [0.15, 0.2) is 48.8 Å². The maximum absolute atomic E-state index is 12.2. The lowest BCUT2D eigenvalue weighted by molar-refractivity contribution is 0.102. The molecule has 6 heteroatoms. The lowest BCUT2D eigenvalue weighted by Gasteiger charge is -2.02. The zero-order valence-electron chi connectivity index (χ0n) is 12.0. The number of hydrogen-bond acceptors (Lipinski definition) is 5. The van der Waals surface area contributed by atoms with Crippen molar-refractivity contribution in [3.8, 4) is 10.6 Å². The summed E-state index contributed by atoms with van der Waals surface area (Å²) in [5, 5.41) is 12.1. The van der Waals surface area contributed by atoms with Crippen molar-refractivity contribution in [1.29, 1.82) is 0 Å². The number of carbonyl (C=O) groups excluding carboxylic acids is 1. The first-order valence-electron chi connectivity index (χ1n) is 6.90. The number of amides is 1. The maximum Gasteiger partial charge on any atom is 0.257 e. The molecule has 2 heterocycles. The average molecular weight is 310 g/mol. The predicted molar refractivity (Wildman–Crippen MR) is 86.9 cm³/mol. The van der Waals surface area contributed by atoms with E-state index in [9.17, 15) is 4.79 Å². The highest BCUT2D eigenvalue weighted by atomic mass is 32.1. The summed E-state index contributed by atoms with van der Waals surface area (Å²) in [6.45, 7) is 2.08. The Bertz CT molecular complexity index is 768. The molecule has 3 aromatic rings. The molecular formula is C16H14N4OS. The van der Waals surface area contributed by atoms with Crippen molar-refractivity contribution in [3.63, 3.8) is 0 Å². The Hall–Kier alpha value is -2.60. The largest absolute Gasteiger partial charge is 0.296 e.